The van der Waals surface area contributed by atoms with Crippen LogP contribution in [0, 0.1) is 0 Å². The number of amides is 2. The van der Waals surface area contributed by atoms with Gasteiger partial charge >= 0.3 is 5.97 Å². The smallest absolute Gasteiger partial charge is 0.354 e. The summed E-state index contributed by atoms with van der Waals surface area (Å²) in [5.74, 6) is -1.37. The van der Waals surface area contributed by atoms with Crippen molar-refractivity contribution < 1.29 is 19.1 Å². The van der Waals surface area contributed by atoms with Crippen LogP contribution in [0.15, 0.2) is 42.1 Å². The number of carbonyl (C=O) groups is 3. The number of nitrogens with zero attached hydrogens (tertiary/aromatic N) is 1. The minimum atomic E-state index is -1.74. The molecular weight excluding hydrogens is 447 g/mol. The predicted molar refractivity (Wildman–Crippen MR) is 109 cm³/mol. The molecule has 6 nitrogen and oxygen atoms in total. The molecule has 3 rings (SSSR count). The molecule has 1 saturated heterocycles. The molecule has 2 aliphatic heterocycles. The van der Waals surface area contributed by atoms with Gasteiger partial charge in [-0.2, -0.15) is 0 Å². The number of thioether (sulfide) groups is 1. The third kappa shape index (κ3) is 4.95. The van der Waals surface area contributed by atoms with Crippen LogP contribution in [-0.2, 0) is 25.5 Å². The highest BCUT2D eigenvalue weighted by Crippen LogP contribution is 2.41. The van der Waals surface area contributed by atoms with Crippen LogP contribution in [0.2, 0.25) is 0 Å². The first-order valence-electron chi connectivity index (χ1n) is 8.43. The van der Waals surface area contributed by atoms with Crippen LogP contribution in [0.25, 0.3) is 0 Å². The number of benzene rings is 1. The number of β-lactam (4-membered cyclic amide) rings is 1. The van der Waals surface area contributed by atoms with Crippen molar-refractivity contribution in [1.29, 1.82) is 0 Å². The number of hydrogen-bond donors (Lipinski definition) is 1. The van der Waals surface area contributed by atoms with Gasteiger partial charge in [-0.25, -0.2) is 4.79 Å². The zero-order chi connectivity index (χ0) is 20.5. The lowest BCUT2D eigenvalue weighted by Crippen LogP contribution is -2.70. The second kappa shape index (κ2) is 8.53. The highest BCUT2D eigenvalue weighted by molar-refractivity contribution is 8.00. The van der Waals surface area contributed by atoms with Crippen molar-refractivity contribution in [2.75, 3.05) is 6.61 Å². The molecule has 1 aromatic rings. The van der Waals surface area contributed by atoms with E-state index in [4.69, 9.17) is 39.5 Å². The zero-order valence-electron chi connectivity index (χ0n) is 14.7. The molecule has 3 atom stereocenters. The van der Waals surface area contributed by atoms with E-state index in [1.807, 2.05) is 37.3 Å². The minimum absolute atomic E-state index is 0.0572. The fourth-order valence-electron chi connectivity index (χ4n) is 2.95. The number of halogens is 3. The van der Waals surface area contributed by atoms with Gasteiger partial charge in [0, 0.05) is 5.25 Å². The largest absolute Gasteiger partial charge is 0.456 e. The summed E-state index contributed by atoms with van der Waals surface area (Å²) in [5, 5.41) is 2.31. The fourth-order valence-corrected chi connectivity index (χ4v) is 4.44. The van der Waals surface area contributed by atoms with Crippen LogP contribution in [-0.4, -0.2) is 49.7 Å². The topological polar surface area (TPSA) is 75.7 Å². The van der Waals surface area contributed by atoms with E-state index in [2.05, 4.69) is 5.32 Å². The maximum Gasteiger partial charge on any atom is 0.354 e. The molecule has 2 aliphatic rings. The Balaban J connectivity index is 1.64. The molecule has 2 unspecified atom stereocenters. The highest BCUT2D eigenvalue weighted by Gasteiger charge is 2.54. The minimum Gasteiger partial charge on any atom is -0.456 e. The maximum absolute atomic E-state index is 12.6. The van der Waals surface area contributed by atoms with Gasteiger partial charge in [0.25, 0.3) is 5.91 Å². The van der Waals surface area contributed by atoms with E-state index >= 15 is 0 Å². The average Bonchev–Trinajstić information content (AvgIpc) is 2.63. The first-order chi connectivity index (χ1) is 13.2. The molecule has 2 heterocycles. The second-order valence-corrected chi connectivity index (χ2v) is 10.4. The Labute approximate surface area is 181 Å². The molecule has 28 heavy (non-hydrogen) atoms. The first-order valence-corrected chi connectivity index (χ1v) is 10.5. The zero-order valence-corrected chi connectivity index (χ0v) is 17.8. The third-order valence-corrected chi connectivity index (χ3v) is 5.80. The SMILES string of the molecule is CC1C=C(C(=O)OCC(Cl)(Cl)Cl)N2C(=O)C(NC(=O)Cc3ccccc3)[C@H]2S1. The van der Waals surface area contributed by atoms with Crippen molar-refractivity contribution in [2.45, 2.75) is 33.8 Å². The first kappa shape index (κ1) is 21.3. The molecule has 0 aromatic heterocycles. The number of nitrogens with one attached hydrogen (secondary N) is 1. The maximum atomic E-state index is 12.6. The van der Waals surface area contributed by atoms with E-state index in [0.717, 1.165) is 5.56 Å². The van der Waals surface area contributed by atoms with Crippen LogP contribution < -0.4 is 5.32 Å². The standard InChI is InChI=1S/C18H17Cl3N2O4S/c1-10-7-12(17(26)27-9-18(19,20)21)23-15(25)14(16(23)28-10)22-13(24)8-11-5-3-2-4-6-11/h2-7,10,14,16H,8-9H2,1H3,(H,22,24)/t10?,14?,16-/m1/s1. The summed E-state index contributed by atoms with van der Waals surface area (Å²) < 4.78 is 3.26. The van der Waals surface area contributed by atoms with Crippen molar-refractivity contribution in [2.24, 2.45) is 0 Å². The Hall–Kier alpha value is -1.41. The summed E-state index contributed by atoms with van der Waals surface area (Å²) in [6.45, 7) is 1.45. The number of ether oxygens (including phenoxy) is 1. The summed E-state index contributed by atoms with van der Waals surface area (Å²) >= 11 is 18.3. The van der Waals surface area contributed by atoms with Gasteiger partial charge in [-0.05, 0) is 18.6 Å². The lowest BCUT2D eigenvalue weighted by molar-refractivity contribution is -0.152. The molecule has 10 heteroatoms. The number of esters is 1. The average molecular weight is 464 g/mol. The number of fused-ring (bicyclic) bond motifs is 1. The Morgan fingerprint density at radius 2 is 1.93 bits per heavy atom. The molecule has 150 valence electrons. The predicted octanol–water partition coefficient (Wildman–Crippen LogP) is 2.81. The van der Waals surface area contributed by atoms with Gasteiger partial charge in [0.05, 0.1) is 6.42 Å². The molecule has 0 radical (unpaired) electrons. The van der Waals surface area contributed by atoms with E-state index < -0.39 is 22.4 Å². The number of alkyl halides is 3. The van der Waals surface area contributed by atoms with Gasteiger partial charge in [0.1, 0.15) is 23.7 Å². The number of rotatable bonds is 5. The lowest BCUT2D eigenvalue weighted by Gasteiger charge is -2.49. The normalized spacial score (nSPS) is 24.0. The fraction of sp³-hybridized carbons (Fsp3) is 0.389. The Kier molecular flexibility index (Phi) is 6.49. The summed E-state index contributed by atoms with van der Waals surface area (Å²) in [4.78, 5) is 38.5. The molecule has 1 fully saturated rings. The molecule has 2 amide bonds. The summed E-state index contributed by atoms with van der Waals surface area (Å²) in [5.41, 5.74) is 0.952. The van der Waals surface area contributed by atoms with Gasteiger partial charge in [0.2, 0.25) is 9.70 Å². The molecule has 0 aliphatic carbocycles. The Morgan fingerprint density at radius 1 is 1.25 bits per heavy atom. The van der Waals surface area contributed by atoms with Crippen molar-refractivity contribution in [1.82, 2.24) is 10.2 Å². The molecule has 1 N–H and O–H groups in total. The van der Waals surface area contributed by atoms with Crippen molar-refractivity contribution >= 4 is 64.3 Å². The van der Waals surface area contributed by atoms with Crippen LogP contribution in [0.3, 0.4) is 0 Å². The van der Waals surface area contributed by atoms with Crippen molar-refractivity contribution in [3.05, 3.63) is 47.7 Å². The summed E-state index contributed by atoms with van der Waals surface area (Å²) in [6.07, 6.45) is 1.80. The summed E-state index contributed by atoms with van der Waals surface area (Å²) in [7, 11) is 0. The van der Waals surface area contributed by atoms with Gasteiger partial charge < -0.3 is 10.1 Å². The van der Waals surface area contributed by atoms with Gasteiger partial charge in [-0.1, -0.05) is 65.1 Å². The summed E-state index contributed by atoms with van der Waals surface area (Å²) in [6, 6.07) is 8.54. The van der Waals surface area contributed by atoms with Crippen LogP contribution in [0.4, 0.5) is 0 Å². The third-order valence-electron chi connectivity index (χ3n) is 4.15. The van der Waals surface area contributed by atoms with Crippen molar-refractivity contribution in [3.63, 3.8) is 0 Å². The van der Waals surface area contributed by atoms with E-state index in [1.165, 1.54) is 16.7 Å². The van der Waals surface area contributed by atoms with E-state index in [1.54, 1.807) is 6.08 Å². The monoisotopic (exact) mass is 462 g/mol. The molecule has 1 aromatic carbocycles. The highest BCUT2D eigenvalue weighted by atomic mass is 35.6. The lowest BCUT2D eigenvalue weighted by atomic mass is 10.0. The quantitative estimate of drug-likeness (QED) is 0.413. The van der Waals surface area contributed by atoms with E-state index in [9.17, 15) is 14.4 Å². The van der Waals surface area contributed by atoms with E-state index in [-0.39, 0.29) is 34.6 Å². The van der Waals surface area contributed by atoms with Gasteiger partial charge in [0.15, 0.2) is 0 Å². The van der Waals surface area contributed by atoms with Gasteiger partial charge in [-0.3, -0.25) is 14.5 Å². The second-order valence-electron chi connectivity index (χ2n) is 6.39. The van der Waals surface area contributed by atoms with Gasteiger partial charge in [-0.15, -0.1) is 11.8 Å². The number of carbonyl (C=O) groups excluding carboxylic acids is 3. The molecule has 0 saturated carbocycles. The molecule has 0 bridgehead atoms. The van der Waals surface area contributed by atoms with Crippen molar-refractivity contribution in [3.8, 4) is 0 Å². The molecular formula is C18H17Cl3N2O4S. The Bertz CT molecular complexity index is 813. The van der Waals surface area contributed by atoms with Crippen LogP contribution in [0.1, 0.15) is 12.5 Å². The number of hydrogen-bond acceptors (Lipinski definition) is 5. The van der Waals surface area contributed by atoms with Crippen LogP contribution in [0.5, 0.6) is 0 Å². The molecule has 0 spiro atoms. The van der Waals surface area contributed by atoms with Crippen LogP contribution >= 0.6 is 46.6 Å². The Morgan fingerprint density at radius 3 is 2.57 bits per heavy atom. The van der Waals surface area contributed by atoms with E-state index in [0.29, 0.717) is 0 Å².